The van der Waals surface area contributed by atoms with Crippen LogP contribution in [0.25, 0.3) is 0 Å². The Hall–Kier alpha value is -2.84. The third kappa shape index (κ3) is 7.20. The summed E-state index contributed by atoms with van der Waals surface area (Å²) < 4.78 is 16.8. The fourth-order valence-electron chi connectivity index (χ4n) is 3.06. The number of pyridine rings is 1. The standard InChI is InChI=1S/C22H31N5O3/c1-2-29-19-6-3-4-7-20(19)30-21-9-8-18(16-25-21)17-26-22(23)24-10-5-11-27-12-14-28-15-13-27/h3-4,6-9,16H,2,5,10-15,17H2,1H3,(H3,23,24,26). The number of hydrogen-bond acceptors (Lipinski definition) is 6. The van der Waals surface area contributed by atoms with Crippen molar-refractivity contribution in [1.29, 1.82) is 0 Å². The molecule has 0 bridgehead atoms. The number of nitrogens with one attached hydrogen (secondary N) is 1. The van der Waals surface area contributed by atoms with Gasteiger partial charge in [-0.1, -0.05) is 18.2 Å². The fourth-order valence-corrected chi connectivity index (χ4v) is 3.06. The van der Waals surface area contributed by atoms with Crippen LogP contribution in [0.4, 0.5) is 0 Å². The summed E-state index contributed by atoms with van der Waals surface area (Å²) in [6, 6.07) is 11.3. The molecule has 8 nitrogen and oxygen atoms in total. The Morgan fingerprint density at radius 1 is 1.20 bits per heavy atom. The molecule has 1 aliphatic heterocycles. The van der Waals surface area contributed by atoms with E-state index in [4.69, 9.17) is 19.9 Å². The van der Waals surface area contributed by atoms with Crippen LogP contribution in [0.15, 0.2) is 47.6 Å². The van der Waals surface area contributed by atoms with Crippen LogP contribution in [0.5, 0.6) is 17.4 Å². The minimum atomic E-state index is 0.447. The molecule has 8 heteroatoms. The molecule has 1 aromatic heterocycles. The van der Waals surface area contributed by atoms with Crippen LogP contribution in [0, 0.1) is 0 Å². The lowest BCUT2D eigenvalue weighted by atomic mass is 10.3. The Kier molecular flexibility index (Phi) is 8.74. The summed E-state index contributed by atoms with van der Waals surface area (Å²) in [5, 5.41) is 3.17. The topological polar surface area (TPSA) is 94.2 Å². The molecule has 1 aromatic carbocycles. The average molecular weight is 414 g/mol. The van der Waals surface area contributed by atoms with Gasteiger partial charge in [-0.3, -0.25) is 4.90 Å². The normalized spacial score (nSPS) is 15.0. The highest BCUT2D eigenvalue weighted by atomic mass is 16.5. The van der Waals surface area contributed by atoms with Gasteiger partial charge in [-0.15, -0.1) is 0 Å². The Morgan fingerprint density at radius 2 is 2.00 bits per heavy atom. The van der Waals surface area contributed by atoms with E-state index in [1.54, 1.807) is 6.20 Å². The highest BCUT2D eigenvalue weighted by Gasteiger charge is 2.09. The van der Waals surface area contributed by atoms with E-state index in [2.05, 4.69) is 20.2 Å². The van der Waals surface area contributed by atoms with E-state index >= 15 is 0 Å². The number of morpholine rings is 1. The number of nitrogens with two attached hydrogens (primary N) is 1. The molecular formula is C22H31N5O3. The van der Waals surface area contributed by atoms with Crippen molar-refractivity contribution in [1.82, 2.24) is 15.2 Å². The zero-order chi connectivity index (χ0) is 21.0. The summed E-state index contributed by atoms with van der Waals surface area (Å²) in [5.41, 5.74) is 6.92. The molecule has 162 valence electrons. The Labute approximate surface area is 178 Å². The van der Waals surface area contributed by atoms with Crippen molar-refractivity contribution in [2.75, 3.05) is 46.0 Å². The highest BCUT2D eigenvalue weighted by Crippen LogP contribution is 2.30. The van der Waals surface area contributed by atoms with Crippen molar-refractivity contribution in [2.45, 2.75) is 19.9 Å². The lowest BCUT2D eigenvalue weighted by Gasteiger charge is -2.26. The fraction of sp³-hybridized carbons (Fsp3) is 0.455. The van der Waals surface area contributed by atoms with Gasteiger partial charge >= 0.3 is 0 Å². The van der Waals surface area contributed by atoms with E-state index in [1.807, 2.05) is 43.3 Å². The van der Waals surface area contributed by atoms with Gasteiger partial charge < -0.3 is 25.3 Å². The Morgan fingerprint density at radius 3 is 2.73 bits per heavy atom. The van der Waals surface area contributed by atoms with Crippen LogP contribution in [-0.2, 0) is 11.3 Å². The predicted octanol–water partition coefficient (Wildman–Crippen LogP) is 2.40. The van der Waals surface area contributed by atoms with Gasteiger partial charge in [0.25, 0.3) is 0 Å². The third-order valence-corrected chi connectivity index (χ3v) is 4.65. The SMILES string of the molecule is CCOc1ccccc1Oc1ccc(CN=C(N)NCCCN2CCOCC2)cn1. The number of aromatic nitrogens is 1. The summed E-state index contributed by atoms with van der Waals surface area (Å²) in [7, 11) is 0. The second kappa shape index (κ2) is 12.0. The molecule has 3 N–H and O–H groups in total. The molecule has 30 heavy (non-hydrogen) atoms. The minimum Gasteiger partial charge on any atom is -0.490 e. The lowest BCUT2D eigenvalue weighted by Crippen LogP contribution is -2.39. The van der Waals surface area contributed by atoms with E-state index in [0.29, 0.717) is 36.5 Å². The lowest BCUT2D eigenvalue weighted by molar-refractivity contribution is 0.0376. The first kappa shape index (κ1) is 21.9. The maximum absolute atomic E-state index is 5.96. The molecule has 0 amide bonds. The molecule has 0 spiro atoms. The van der Waals surface area contributed by atoms with Gasteiger partial charge in [-0.25, -0.2) is 9.98 Å². The molecule has 0 atom stereocenters. The second-order valence-corrected chi connectivity index (χ2v) is 6.92. The summed E-state index contributed by atoms with van der Waals surface area (Å²) in [6.45, 7) is 8.49. The average Bonchev–Trinajstić information content (AvgIpc) is 2.78. The van der Waals surface area contributed by atoms with Crippen LogP contribution in [-0.4, -0.2) is 61.8 Å². The zero-order valence-electron chi connectivity index (χ0n) is 17.5. The number of aliphatic imine (C=N–C) groups is 1. The highest BCUT2D eigenvalue weighted by molar-refractivity contribution is 5.77. The molecular weight excluding hydrogens is 382 g/mol. The molecule has 3 rings (SSSR count). The molecule has 1 aliphatic rings. The first-order valence-corrected chi connectivity index (χ1v) is 10.4. The zero-order valence-corrected chi connectivity index (χ0v) is 17.5. The van der Waals surface area contributed by atoms with Crippen molar-refractivity contribution in [3.63, 3.8) is 0 Å². The van der Waals surface area contributed by atoms with E-state index in [-0.39, 0.29) is 0 Å². The van der Waals surface area contributed by atoms with Gasteiger partial charge in [-0.2, -0.15) is 0 Å². The van der Waals surface area contributed by atoms with Gasteiger partial charge in [0.2, 0.25) is 5.88 Å². The van der Waals surface area contributed by atoms with E-state index in [0.717, 1.165) is 51.4 Å². The van der Waals surface area contributed by atoms with Gasteiger partial charge in [-0.05, 0) is 37.6 Å². The van der Waals surface area contributed by atoms with E-state index in [9.17, 15) is 0 Å². The molecule has 2 aromatic rings. The largest absolute Gasteiger partial charge is 0.490 e. The van der Waals surface area contributed by atoms with Crippen molar-refractivity contribution in [3.8, 4) is 17.4 Å². The van der Waals surface area contributed by atoms with Crippen LogP contribution >= 0.6 is 0 Å². The van der Waals surface area contributed by atoms with Crippen LogP contribution in [0.1, 0.15) is 18.9 Å². The number of hydrogen-bond donors (Lipinski definition) is 2. The second-order valence-electron chi connectivity index (χ2n) is 6.92. The first-order valence-electron chi connectivity index (χ1n) is 10.4. The third-order valence-electron chi connectivity index (χ3n) is 4.65. The quantitative estimate of drug-likeness (QED) is 0.351. The van der Waals surface area contributed by atoms with Crippen molar-refractivity contribution in [3.05, 3.63) is 48.2 Å². The molecule has 2 heterocycles. The van der Waals surface area contributed by atoms with Crippen molar-refractivity contribution >= 4 is 5.96 Å². The minimum absolute atomic E-state index is 0.447. The molecule has 1 saturated heterocycles. The summed E-state index contributed by atoms with van der Waals surface area (Å²) in [5.74, 6) is 2.29. The number of nitrogens with zero attached hydrogens (tertiary/aromatic N) is 3. The maximum Gasteiger partial charge on any atom is 0.219 e. The molecule has 0 radical (unpaired) electrons. The molecule has 0 aliphatic carbocycles. The summed E-state index contributed by atoms with van der Waals surface area (Å²) in [4.78, 5) is 11.1. The van der Waals surface area contributed by atoms with Gasteiger partial charge in [0.05, 0.1) is 26.4 Å². The number of para-hydroxylation sites is 2. The predicted molar refractivity (Wildman–Crippen MR) is 117 cm³/mol. The van der Waals surface area contributed by atoms with Gasteiger partial charge in [0, 0.05) is 31.9 Å². The van der Waals surface area contributed by atoms with E-state index in [1.165, 1.54) is 0 Å². The number of ether oxygens (including phenoxy) is 3. The van der Waals surface area contributed by atoms with Crippen LogP contribution in [0.2, 0.25) is 0 Å². The monoisotopic (exact) mass is 413 g/mol. The molecule has 1 fully saturated rings. The number of rotatable bonds is 10. The summed E-state index contributed by atoms with van der Waals surface area (Å²) >= 11 is 0. The smallest absolute Gasteiger partial charge is 0.219 e. The first-order chi connectivity index (χ1) is 14.7. The van der Waals surface area contributed by atoms with Gasteiger partial charge in [0.1, 0.15) is 0 Å². The van der Waals surface area contributed by atoms with Crippen LogP contribution in [0.3, 0.4) is 0 Å². The number of guanidine groups is 1. The Bertz CT molecular complexity index is 792. The molecule has 0 unspecified atom stereocenters. The van der Waals surface area contributed by atoms with Crippen molar-refractivity contribution < 1.29 is 14.2 Å². The summed E-state index contributed by atoms with van der Waals surface area (Å²) in [6.07, 6.45) is 2.76. The number of benzene rings is 1. The maximum atomic E-state index is 5.96. The van der Waals surface area contributed by atoms with Crippen LogP contribution < -0.4 is 20.5 Å². The van der Waals surface area contributed by atoms with E-state index < -0.39 is 0 Å². The molecule has 0 saturated carbocycles. The van der Waals surface area contributed by atoms with Crippen molar-refractivity contribution in [2.24, 2.45) is 10.7 Å². The Balaban J connectivity index is 1.41. The van der Waals surface area contributed by atoms with Gasteiger partial charge in [0.15, 0.2) is 17.5 Å².